The maximum atomic E-state index is 13.1. The molecule has 0 aromatic heterocycles. The van der Waals surface area contributed by atoms with Crippen LogP contribution >= 0.6 is 0 Å². The molecule has 4 rings (SSSR count). The molecular formula is C26H30N2O5. The van der Waals surface area contributed by atoms with E-state index in [0.29, 0.717) is 31.1 Å². The molecule has 2 heterocycles. The molecule has 2 aromatic carbocycles. The van der Waals surface area contributed by atoms with Gasteiger partial charge in [0.2, 0.25) is 0 Å². The molecule has 0 spiro atoms. The van der Waals surface area contributed by atoms with Crippen molar-refractivity contribution in [2.24, 2.45) is 0 Å². The quantitative estimate of drug-likeness (QED) is 0.397. The lowest BCUT2D eigenvalue weighted by atomic mass is 9.95. The SMILES string of the molecule is COc1ccc([C@H]2C(=C(O)c3ccc(C)cc3)C(=O)C(=O)N2CCCN2CCOCC2)cc1. The number of methoxy groups -OCH3 is 1. The highest BCUT2D eigenvalue weighted by molar-refractivity contribution is 6.46. The first kappa shape index (κ1) is 23.0. The Kier molecular flexibility index (Phi) is 7.11. The minimum atomic E-state index is -0.653. The van der Waals surface area contributed by atoms with E-state index >= 15 is 0 Å². The summed E-state index contributed by atoms with van der Waals surface area (Å²) in [4.78, 5) is 30.1. The lowest BCUT2D eigenvalue weighted by molar-refractivity contribution is -0.140. The van der Waals surface area contributed by atoms with Crippen LogP contribution in [0, 0.1) is 6.92 Å². The standard InChI is InChI=1S/C26H30N2O5/c1-18-4-6-20(7-5-18)24(29)22-23(19-8-10-21(32-2)11-9-19)28(26(31)25(22)30)13-3-12-27-14-16-33-17-15-27/h4-11,23,29H,3,12-17H2,1-2H3/t23-/m0/s1. The number of hydrogen-bond donors (Lipinski definition) is 1. The van der Waals surface area contributed by atoms with Gasteiger partial charge in [-0.3, -0.25) is 14.5 Å². The summed E-state index contributed by atoms with van der Waals surface area (Å²) < 4.78 is 10.7. The van der Waals surface area contributed by atoms with Gasteiger partial charge in [0, 0.05) is 31.7 Å². The van der Waals surface area contributed by atoms with Gasteiger partial charge < -0.3 is 19.5 Å². The summed E-state index contributed by atoms with van der Waals surface area (Å²) in [5, 5.41) is 11.1. The van der Waals surface area contributed by atoms with Gasteiger partial charge in [-0.05, 0) is 31.0 Å². The van der Waals surface area contributed by atoms with Gasteiger partial charge in [-0.15, -0.1) is 0 Å². The van der Waals surface area contributed by atoms with Gasteiger partial charge in [-0.1, -0.05) is 42.0 Å². The summed E-state index contributed by atoms with van der Waals surface area (Å²) in [6.07, 6.45) is 0.726. The number of hydrogen-bond acceptors (Lipinski definition) is 6. The van der Waals surface area contributed by atoms with E-state index in [9.17, 15) is 14.7 Å². The van der Waals surface area contributed by atoms with Crippen molar-refractivity contribution in [2.75, 3.05) is 46.5 Å². The molecule has 2 aliphatic heterocycles. The topological polar surface area (TPSA) is 79.3 Å². The molecule has 2 aliphatic rings. The molecule has 1 amide bonds. The zero-order chi connectivity index (χ0) is 23.4. The zero-order valence-electron chi connectivity index (χ0n) is 19.1. The van der Waals surface area contributed by atoms with E-state index in [1.165, 1.54) is 0 Å². The van der Waals surface area contributed by atoms with Crippen molar-refractivity contribution in [3.8, 4) is 5.75 Å². The average molecular weight is 451 g/mol. The van der Waals surface area contributed by atoms with Crippen molar-refractivity contribution < 1.29 is 24.2 Å². The maximum absolute atomic E-state index is 13.1. The van der Waals surface area contributed by atoms with E-state index < -0.39 is 17.7 Å². The number of aliphatic hydroxyl groups is 1. The van der Waals surface area contributed by atoms with Gasteiger partial charge in [0.25, 0.3) is 11.7 Å². The first-order valence-corrected chi connectivity index (χ1v) is 11.3. The maximum Gasteiger partial charge on any atom is 0.295 e. The smallest absolute Gasteiger partial charge is 0.295 e. The third kappa shape index (κ3) is 4.94. The van der Waals surface area contributed by atoms with Crippen LogP contribution in [-0.4, -0.2) is 73.1 Å². The third-order valence-corrected chi connectivity index (χ3v) is 6.27. The first-order chi connectivity index (χ1) is 16.0. The number of likely N-dealkylation sites (tertiary alicyclic amines) is 1. The van der Waals surface area contributed by atoms with Gasteiger partial charge >= 0.3 is 0 Å². The number of aryl methyl sites for hydroxylation is 1. The molecule has 7 nitrogen and oxygen atoms in total. The van der Waals surface area contributed by atoms with Gasteiger partial charge in [0.15, 0.2) is 0 Å². The molecule has 174 valence electrons. The van der Waals surface area contributed by atoms with Crippen molar-refractivity contribution in [2.45, 2.75) is 19.4 Å². The van der Waals surface area contributed by atoms with Crippen molar-refractivity contribution in [3.63, 3.8) is 0 Å². The average Bonchev–Trinajstić information content (AvgIpc) is 3.10. The summed E-state index contributed by atoms with van der Waals surface area (Å²) in [6, 6.07) is 13.9. The Hall–Kier alpha value is -3.16. The molecule has 33 heavy (non-hydrogen) atoms. The number of rotatable bonds is 7. The predicted molar refractivity (Wildman–Crippen MR) is 125 cm³/mol. The van der Waals surface area contributed by atoms with E-state index in [0.717, 1.165) is 37.2 Å². The van der Waals surface area contributed by atoms with Crippen LogP contribution in [0.2, 0.25) is 0 Å². The van der Waals surface area contributed by atoms with E-state index in [1.54, 1.807) is 36.3 Å². The minimum Gasteiger partial charge on any atom is -0.507 e. The predicted octanol–water partition coefficient (Wildman–Crippen LogP) is 3.15. The Morgan fingerprint density at radius 3 is 2.33 bits per heavy atom. The summed E-state index contributed by atoms with van der Waals surface area (Å²) in [5.74, 6) is -0.696. The molecule has 0 unspecified atom stereocenters. The van der Waals surface area contributed by atoms with E-state index in [4.69, 9.17) is 9.47 Å². The highest BCUT2D eigenvalue weighted by atomic mass is 16.5. The molecule has 1 N–H and O–H groups in total. The Bertz CT molecular complexity index is 1020. The summed E-state index contributed by atoms with van der Waals surface area (Å²) in [5.41, 5.74) is 2.45. The normalized spacial score (nSPS) is 20.9. The second-order valence-electron chi connectivity index (χ2n) is 8.44. The van der Waals surface area contributed by atoms with Crippen LogP contribution in [0.4, 0.5) is 0 Å². The zero-order valence-corrected chi connectivity index (χ0v) is 19.1. The number of amides is 1. The fraction of sp³-hybridized carbons (Fsp3) is 0.385. The van der Waals surface area contributed by atoms with Crippen LogP contribution in [0.1, 0.15) is 29.2 Å². The van der Waals surface area contributed by atoms with Crippen LogP contribution < -0.4 is 4.74 Å². The molecule has 2 fully saturated rings. The number of Topliss-reactive ketones (excluding diaryl/α,β-unsaturated/α-hetero) is 1. The van der Waals surface area contributed by atoms with Crippen molar-refractivity contribution in [3.05, 3.63) is 70.8 Å². The van der Waals surface area contributed by atoms with E-state index in [1.807, 2.05) is 31.2 Å². The van der Waals surface area contributed by atoms with Crippen LogP contribution in [0.3, 0.4) is 0 Å². The Morgan fingerprint density at radius 1 is 1.03 bits per heavy atom. The molecule has 2 saturated heterocycles. The van der Waals surface area contributed by atoms with Gasteiger partial charge in [-0.2, -0.15) is 0 Å². The first-order valence-electron chi connectivity index (χ1n) is 11.3. The lowest BCUT2D eigenvalue weighted by Gasteiger charge is -2.29. The number of aliphatic hydroxyl groups excluding tert-OH is 1. The Balaban J connectivity index is 1.66. The van der Waals surface area contributed by atoms with Crippen LogP contribution in [0.25, 0.3) is 5.76 Å². The van der Waals surface area contributed by atoms with Crippen LogP contribution in [0.5, 0.6) is 5.75 Å². The molecule has 0 bridgehead atoms. The number of nitrogens with zero attached hydrogens (tertiary/aromatic N) is 2. The molecule has 0 radical (unpaired) electrons. The molecular weight excluding hydrogens is 420 g/mol. The molecule has 2 aromatic rings. The summed E-state index contributed by atoms with van der Waals surface area (Å²) in [6.45, 7) is 6.36. The van der Waals surface area contributed by atoms with Crippen molar-refractivity contribution in [1.82, 2.24) is 9.80 Å². The molecule has 1 atom stereocenters. The minimum absolute atomic E-state index is 0.125. The highest BCUT2D eigenvalue weighted by Crippen LogP contribution is 2.39. The largest absolute Gasteiger partial charge is 0.507 e. The fourth-order valence-electron chi connectivity index (χ4n) is 4.40. The molecule has 7 heteroatoms. The second kappa shape index (κ2) is 10.2. The Morgan fingerprint density at radius 2 is 1.70 bits per heavy atom. The second-order valence-corrected chi connectivity index (χ2v) is 8.44. The summed E-state index contributed by atoms with van der Waals surface area (Å²) >= 11 is 0. The molecule has 0 saturated carbocycles. The monoisotopic (exact) mass is 450 g/mol. The van der Waals surface area contributed by atoms with Crippen molar-refractivity contribution >= 4 is 17.4 Å². The number of ketones is 1. The number of morpholine rings is 1. The number of ether oxygens (including phenoxy) is 2. The third-order valence-electron chi connectivity index (χ3n) is 6.27. The highest BCUT2D eigenvalue weighted by Gasteiger charge is 2.45. The molecule has 0 aliphatic carbocycles. The van der Waals surface area contributed by atoms with E-state index in [-0.39, 0.29) is 11.3 Å². The number of carbonyl (C=O) groups is 2. The number of carbonyl (C=O) groups excluding carboxylic acids is 2. The number of benzene rings is 2. The lowest BCUT2D eigenvalue weighted by Crippen LogP contribution is -2.38. The van der Waals surface area contributed by atoms with Crippen LogP contribution in [0.15, 0.2) is 54.1 Å². The Labute approximate surface area is 194 Å². The van der Waals surface area contributed by atoms with Gasteiger partial charge in [-0.25, -0.2) is 0 Å². The van der Waals surface area contributed by atoms with Gasteiger partial charge in [0.1, 0.15) is 11.5 Å². The van der Waals surface area contributed by atoms with Gasteiger partial charge in [0.05, 0.1) is 31.9 Å². The van der Waals surface area contributed by atoms with E-state index in [2.05, 4.69) is 4.90 Å². The van der Waals surface area contributed by atoms with Crippen LogP contribution in [-0.2, 0) is 14.3 Å². The fourth-order valence-corrected chi connectivity index (χ4v) is 4.40. The van der Waals surface area contributed by atoms with Crippen molar-refractivity contribution in [1.29, 1.82) is 0 Å². The summed E-state index contributed by atoms with van der Waals surface area (Å²) in [7, 11) is 1.59.